The van der Waals surface area contributed by atoms with Crippen molar-refractivity contribution in [2.75, 3.05) is 26.8 Å². The van der Waals surface area contributed by atoms with Crippen LogP contribution in [0.5, 0.6) is 0 Å². The Morgan fingerprint density at radius 3 is 2.67 bits per heavy atom. The first-order valence-electron chi connectivity index (χ1n) is 4.97. The van der Waals surface area contributed by atoms with Gasteiger partial charge in [-0.2, -0.15) is 5.26 Å². The predicted molar refractivity (Wildman–Crippen MR) is 57.1 cm³/mol. The summed E-state index contributed by atoms with van der Waals surface area (Å²) in [6.45, 7) is 4.96. The molecule has 5 nitrogen and oxygen atoms in total. The van der Waals surface area contributed by atoms with Crippen molar-refractivity contribution in [2.24, 2.45) is 5.92 Å². The minimum Gasteiger partial charge on any atom is -0.383 e. The summed E-state index contributed by atoms with van der Waals surface area (Å²) in [6, 6.07) is 2.01. The lowest BCUT2D eigenvalue weighted by molar-refractivity contribution is -0.120. The second-order valence-corrected chi connectivity index (χ2v) is 3.62. The van der Waals surface area contributed by atoms with Crippen LogP contribution in [0.15, 0.2) is 0 Å². The molecule has 0 aromatic heterocycles. The van der Waals surface area contributed by atoms with Gasteiger partial charge in [0, 0.05) is 13.2 Å². The van der Waals surface area contributed by atoms with E-state index >= 15 is 0 Å². The minimum atomic E-state index is -0.168. The molecule has 0 saturated carbocycles. The van der Waals surface area contributed by atoms with Crippen LogP contribution < -0.4 is 10.6 Å². The fraction of sp³-hybridized carbons (Fsp3) is 0.800. The van der Waals surface area contributed by atoms with Gasteiger partial charge in [-0.3, -0.25) is 4.79 Å². The fourth-order valence-electron chi connectivity index (χ4n) is 1.09. The Bertz CT molecular complexity index is 223. The maximum absolute atomic E-state index is 11.2. The molecule has 0 fully saturated rings. The van der Waals surface area contributed by atoms with Crippen LogP contribution in [0.1, 0.15) is 13.8 Å². The van der Waals surface area contributed by atoms with Crippen molar-refractivity contribution < 1.29 is 9.53 Å². The molecule has 0 rings (SSSR count). The Labute approximate surface area is 90.8 Å². The number of carbonyl (C=O) groups is 1. The lowest BCUT2D eigenvalue weighted by Crippen LogP contribution is -2.43. The van der Waals surface area contributed by atoms with Crippen LogP contribution in [0.3, 0.4) is 0 Å². The van der Waals surface area contributed by atoms with Gasteiger partial charge >= 0.3 is 0 Å². The average molecular weight is 213 g/mol. The number of rotatable bonds is 7. The first kappa shape index (κ1) is 13.9. The smallest absolute Gasteiger partial charge is 0.234 e. The summed E-state index contributed by atoms with van der Waals surface area (Å²) >= 11 is 0. The number of hydrogen-bond donors (Lipinski definition) is 2. The van der Waals surface area contributed by atoms with Crippen LogP contribution >= 0.6 is 0 Å². The molecule has 0 saturated heterocycles. The molecule has 2 N–H and O–H groups in total. The number of nitrogens with one attached hydrogen (secondary N) is 2. The molecule has 1 atom stereocenters. The van der Waals surface area contributed by atoms with Gasteiger partial charge in [0.1, 0.15) is 6.54 Å². The van der Waals surface area contributed by atoms with E-state index < -0.39 is 0 Å². The molecular formula is C10H19N3O2. The van der Waals surface area contributed by atoms with Crippen molar-refractivity contribution in [2.45, 2.75) is 19.9 Å². The molecule has 0 aliphatic carbocycles. The standard InChI is InChI=1S/C10H19N3O2/c1-8(2)9(7-15-3)13-6-10(14)12-5-4-11/h8-9,13H,5-7H2,1-3H3,(H,12,14). The number of methoxy groups -OCH3 is 1. The van der Waals surface area contributed by atoms with Crippen molar-refractivity contribution in [3.63, 3.8) is 0 Å². The van der Waals surface area contributed by atoms with E-state index in [0.717, 1.165) is 0 Å². The summed E-state index contributed by atoms with van der Waals surface area (Å²) < 4.78 is 5.03. The van der Waals surface area contributed by atoms with E-state index in [-0.39, 0.29) is 25.0 Å². The van der Waals surface area contributed by atoms with E-state index in [0.29, 0.717) is 12.5 Å². The molecule has 0 bridgehead atoms. The number of nitrogens with zero attached hydrogens (tertiary/aromatic N) is 1. The van der Waals surface area contributed by atoms with E-state index in [1.54, 1.807) is 7.11 Å². The van der Waals surface area contributed by atoms with Gasteiger partial charge in [-0.15, -0.1) is 0 Å². The lowest BCUT2D eigenvalue weighted by atomic mass is 10.1. The van der Waals surface area contributed by atoms with Crippen LogP contribution in [0.2, 0.25) is 0 Å². The third-order valence-corrected chi connectivity index (χ3v) is 2.04. The zero-order valence-corrected chi connectivity index (χ0v) is 9.54. The van der Waals surface area contributed by atoms with Crippen LogP contribution in [-0.2, 0) is 9.53 Å². The average Bonchev–Trinajstić information content (AvgIpc) is 2.20. The first-order chi connectivity index (χ1) is 7.11. The number of nitriles is 1. The molecule has 0 radical (unpaired) electrons. The minimum absolute atomic E-state index is 0.0527. The highest BCUT2D eigenvalue weighted by Crippen LogP contribution is 2.00. The topological polar surface area (TPSA) is 74.2 Å². The lowest BCUT2D eigenvalue weighted by Gasteiger charge is -2.21. The summed E-state index contributed by atoms with van der Waals surface area (Å²) in [6.07, 6.45) is 0. The summed E-state index contributed by atoms with van der Waals surface area (Å²) in [7, 11) is 1.63. The molecule has 0 aromatic rings. The van der Waals surface area contributed by atoms with Gasteiger partial charge in [0.25, 0.3) is 0 Å². The number of carbonyl (C=O) groups excluding carboxylic acids is 1. The number of amides is 1. The molecule has 0 spiro atoms. The number of hydrogen-bond acceptors (Lipinski definition) is 4. The Morgan fingerprint density at radius 2 is 2.20 bits per heavy atom. The van der Waals surface area contributed by atoms with Crippen molar-refractivity contribution >= 4 is 5.91 Å². The molecule has 15 heavy (non-hydrogen) atoms. The van der Waals surface area contributed by atoms with Gasteiger partial charge in [0.15, 0.2) is 0 Å². The van der Waals surface area contributed by atoms with E-state index in [9.17, 15) is 4.79 Å². The molecule has 1 unspecified atom stereocenters. The fourth-order valence-corrected chi connectivity index (χ4v) is 1.09. The van der Waals surface area contributed by atoms with Gasteiger partial charge < -0.3 is 15.4 Å². The molecule has 1 amide bonds. The van der Waals surface area contributed by atoms with Crippen LogP contribution in [0.4, 0.5) is 0 Å². The third kappa shape index (κ3) is 6.89. The van der Waals surface area contributed by atoms with Crippen molar-refractivity contribution in [3.05, 3.63) is 0 Å². The Morgan fingerprint density at radius 1 is 1.53 bits per heavy atom. The highest BCUT2D eigenvalue weighted by Gasteiger charge is 2.13. The van der Waals surface area contributed by atoms with Crippen LogP contribution in [-0.4, -0.2) is 38.8 Å². The van der Waals surface area contributed by atoms with Crippen molar-refractivity contribution in [3.8, 4) is 6.07 Å². The monoisotopic (exact) mass is 213 g/mol. The molecular weight excluding hydrogens is 194 g/mol. The summed E-state index contributed by atoms with van der Waals surface area (Å²) in [5.74, 6) is 0.229. The van der Waals surface area contributed by atoms with E-state index in [1.165, 1.54) is 0 Å². The normalized spacial score (nSPS) is 12.2. The molecule has 0 aliphatic heterocycles. The second kappa shape index (κ2) is 8.21. The molecule has 0 heterocycles. The van der Waals surface area contributed by atoms with Crippen molar-refractivity contribution in [1.29, 1.82) is 5.26 Å². The summed E-state index contributed by atoms with van der Waals surface area (Å²) in [5, 5.41) is 13.8. The van der Waals surface area contributed by atoms with Gasteiger partial charge in [-0.25, -0.2) is 0 Å². The highest BCUT2D eigenvalue weighted by molar-refractivity contribution is 5.78. The second-order valence-electron chi connectivity index (χ2n) is 3.62. The maximum Gasteiger partial charge on any atom is 0.234 e. The molecule has 5 heteroatoms. The van der Waals surface area contributed by atoms with E-state index in [1.807, 2.05) is 6.07 Å². The number of ether oxygens (including phenoxy) is 1. The maximum atomic E-state index is 11.2. The van der Waals surface area contributed by atoms with Crippen molar-refractivity contribution in [1.82, 2.24) is 10.6 Å². The summed E-state index contributed by atoms with van der Waals surface area (Å²) in [5.41, 5.74) is 0. The quantitative estimate of drug-likeness (QED) is 0.578. The van der Waals surface area contributed by atoms with Gasteiger partial charge in [0.2, 0.25) is 5.91 Å². The SMILES string of the molecule is COCC(NCC(=O)NCC#N)C(C)C. The van der Waals surface area contributed by atoms with Gasteiger partial charge in [-0.1, -0.05) is 13.8 Å². The highest BCUT2D eigenvalue weighted by atomic mass is 16.5. The zero-order chi connectivity index (χ0) is 11.7. The largest absolute Gasteiger partial charge is 0.383 e. The summed E-state index contributed by atoms with van der Waals surface area (Å²) in [4.78, 5) is 11.2. The van der Waals surface area contributed by atoms with Crippen LogP contribution in [0, 0.1) is 17.2 Å². The Kier molecular flexibility index (Phi) is 7.60. The van der Waals surface area contributed by atoms with Gasteiger partial charge in [-0.05, 0) is 5.92 Å². The van der Waals surface area contributed by atoms with E-state index in [4.69, 9.17) is 10.00 Å². The first-order valence-corrected chi connectivity index (χ1v) is 4.97. The Hall–Kier alpha value is -1.12. The predicted octanol–water partition coefficient (Wildman–Crippen LogP) is -0.113. The van der Waals surface area contributed by atoms with E-state index in [2.05, 4.69) is 24.5 Å². The zero-order valence-electron chi connectivity index (χ0n) is 9.54. The van der Waals surface area contributed by atoms with Crippen LogP contribution in [0.25, 0.3) is 0 Å². The molecule has 0 aromatic carbocycles. The molecule has 86 valence electrons. The molecule has 0 aliphatic rings. The van der Waals surface area contributed by atoms with Gasteiger partial charge in [0.05, 0.1) is 19.2 Å². The third-order valence-electron chi connectivity index (χ3n) is 2.04. The Balaban J connectivity index is 3.79.